The molecule has 0 heterocycles. The molecule has 1 saturated carbocycles. The van der Waals surface area contributed by atoms with Gasteiger partial charge in [-0.25, -0.2) is 0 Å². The minimum absolute atomic E-state index is 0.217. The first kappa shape index (κ1) is 12.8. The molecule has 0 unspecified atom stereocenters. The first-order valence-corrected chi connectivity index (χ1v) is 6.52. The number of hydrogen-bond acceptors (Lipinski definition) is 2. The third-order valence-corrected chi connectivity index (χ3v) is 4.00. The highest BCUT2D eigenvalue weighted by Crippen LogP contribution is 2.39. The maximum absolute atomic E-state index is 11.9. The summed E-state index contributed by atoms with van der Waals surface area (Å²) in [5.41, 5.74) is 7.13. The molecule has 3 heteroatoms. The fourth-order valence-electron chi connectivity index (χ4n) is 2.89. The summed E-state index contributed by atoms with van der Waals surface area (Å²) in [4.78, 5) is 22.3. The zero-order valence-electron chi connectivity index (χ0n) is 10.5. The molecule has 0 atom stereocenters. The Hall–Kier alpha value is -1.64. The van der Waals surface area contributed by atoms with Crippen molar-refractivity contribution in [2.45, 2.75) is 43.9 Å². The summed E-state index contributed by atoms with van der Waals surface area (Å²) < 4.78 is 0. The molecule has 1 aliphatic rings. The Morgan fingerprint density at radius 1 is 1.17 bits per heavy atom. The van der Waals surface area contributed by atoms with Crippen LogP contribution in [0.2, 0.25) is 0 Å². The van der Waals surface area contributed by atoms with Gasteiger partial charge in [0.1, 0.15) is 6.29 Å². The molecular weight excluding hydrogens is 226 g/mol. The topological polar surface area (TPSA) is 60.2 Å². The average Bonchev–Trinajstić information content (AvgIpc) is 2.40. The molecule has 1 aromatic rings. The van der Waals surface area contributed by atoms with Crippen molar-refractivity contribution in [2.24, 2.45) is 5.73 Å². The third kappa shape index (κ3) is 2.30. The SMILES string of the molecule is NC(=O)C1(c2ccc(CC=O)cc2)CCCCC1. The van der Waals surface area contributed by atoms with Crippen LogP contribution >= 0.6 is 0 Å². The van der Waals surface area contributed by atoms with Gasteiger partial charge < -0.3 is 10.5 Å². The maximum Gasteiger partial charge on any atom is 0.228 e. The lowest BCUT2D eigenvalue weighted by Gasteiger charge is -2.34. The lowest BCUT2D eigenvalue weighted by Crippen LogP contribution is -2.42. The molecule has 0 aliphatic heterocycles. The Kier molecular flexibility index (Phi) is 3.80. The third-order valence-electron chi connectivity index (χ3n) is 4.00. The highest BCUT2D eigenvalue weighted by molar-refractivity contribution is 5.86. The standard InChI is InChI=1S/C15H19NO2/c16-14(18)15(9-2-1-3-10-15)13-6-4-12(5-7-13)8-11-17/h4-7,11H,1-3,8-10H2,(H2,16,18). The van der Waals surface area contributed by atoms with E-state index in [4.69, 9.17) is 5.73 Å². The Bertz CT molecular complexity index is 430. The van der Waals surface area contributed by atoms with Crippen molar-refractivity contribution in [3.8, 4) is 0 Å². The largest absolute Gasteiger partial charge is 0.369 e. The van der Waals surface area contributed by atoms with Crippen LogP contribution in [0.15, 0.2) is 24.3 Å². The summed E-state index contributed by atoms with van der Waals surface area (Å²) in [6, 6.07) is 7.75. The predicted octanol–water partition coefficient (Wildman–Crippen LogP) is 2.12. The van der Waals surface area contributed by atoms with Gasteiger partial charge in [0.2, 0.25) is 5.91 Å². The van der Waals surface area contributed by atoms with Crippen LogP contribution in [0.1, 0.15) is 43.2 Å². The number of amides is 1. The van der Waals surface area contributed by atoms with E-state index in [1.165, 1.54) is 6.42 Å². The Balaban J connectivity index is 2.30. The molecule has 18 heavy (non-hydrogen) atoms. The monoisotopic (exact) mass is 245 g/mol. The fourth-order valence-corrected chi connectivity index (χ4v) is 2.89. The van der Waals surface area contributed by atoms with Crippen LogP contribution in [0.25, 0.3) is 0 Å². The van der Waals surface area contributed by atoms with E-state index >= 15 is 0 Å². The van der Waals surface area contributed by atoms with Crippen LogP contribution in [0.4, 0.5) is 0 Å². The van der Waals surface area contributed by atoms with Crippen molar-refractivity contribution in [3.63, 3.8) is 0 Å². The highest BCUT2D eigenvalue weighted by atomic mass is 16.1. The lowest BCUT2D eigenvalue weighted by molar-refractivity contribution is -0.124. The van der Waals surface area contributed by atoms with Crippen LogP contribution in [0.3, 0.4) is 0 Å². The van der Waals surface area contributed by atoms with Crippen LogP contribution in [0, 0.1) is 0 Å². The second-order valence-electron chi connectivity index (χ2n) is 5.07. The van der Waals surface area contributed by atoms with Gasteiger partial charge in [-0.3, -0.25) is 4.79 Å². The van der Waals surface area contributed by atoms with Crippen molar-refractivity contribution in [1.82, 2.24) is 0 Å². The number of carbonyl (C=O) groups is 2. The zero-order chi connectivity index (χ0) is 13.0. The van der Waals surface area contributed by atoms with E-state index in [1.54, 1.807) is 0 Å². The quantitative estimate of drug-likeness (QED) is 0.826. The van der Waals surface area contributed by atoms with Crippen LogP contribution in [-0.2, 0) is 21.4 Å². The van der Waals surface area contributed by atoms with Crippen molar-refractivity contribution >= 4 is 12.2 Å². The van der Waals surface area contributed by atoms with Gasteiger partial charge in [0, 0.05) is 6.42 Å². The number of aldehydes is 1. The molecule has 1 aromatic carbocycles. The van der Waals surface area contributed by atoms with Gasteiger partial charge >= 0.3 is 0 Å². The molecule has 2 N–H and O–H groups in total. The number of primary amides is 1. The van der Waals surface area contributed by atoms with Gasteiger partial charge in [0.25, 0.3) is 0 Å². The van der Waals surface area contributed by atoms with Gasteiger partial charge in [0.15, 0.2) is 0 Å². The van der Waals surface area contributed by atoms with Crippen molar-refractivity contribution < 1.29 is 9.59 Å². The smallest absolute Gasteiger partial charge is 0.228 e. The second-order valence-corrected chi connectivity index (χ2v) is 5.07. The molecule has 0 aromatic heterocycles. The summed E-state index contributed by atoms with van der Waals surface area (Å²) in [7, 11) is 0. The van der Waals surface area contributed by atoms with E-state index < -0.39 is 5.41 Å². The van der Waals surface area contributed by atoms with Crippen LogP contribution < -0.4 is 5.73 Å². The summed E-state index contributed by atoms with van der Waals surface area (Å²) in [6.45, 7) is 0. The van der Waals surface area contributed by atoms with Gasteiger partial charge in [-0.1, -0.05) is 43.5 Å². The average molecular weight is 245 g/mol. The molecule has 0 radical (unpaired) electrons. The summed E-state index contributed by atoms with van der Waals surface area (Å²) >= 11 is 0. The Labute approximate surface area is 107 Å². The Morgan fingerprint density at radius 3 is 2.28 bits per heavy atom. The van der Waals surface area contributed by atoms with Crippen LogP contribution in [0.5, 0.6) is 0 Å². The van der Waals surface area contributed by atoms with Gasteiger partial charge in [-0.2, -0.15) is 0 Å². The zero-order valence-corrected chi connectivity index (χ0v) is 10.5. The molecule has 0 bridgehead atoms. The number of carbonyl (C=O) groups excluding carboxylic acids is 2. The highest BCUT2D eigenvalue weighted by Gasteiger charge is 2.39. The number of benzene rings is 1. The van der Waals surface area contributed by atoms with Gasteiger partial charge in [-0.05, 0) is 24.0 Å². The van der Waals surface area contributed by atoms with Crippen molar-refractivity contribution in [1.29, 1.82) is 0 Å². The molecule has 2 rings (SSSR count). The molecule has 1 amide bonds. The summed E-state index contributed by atoms with van der Waals surface area (Å²) in [5.74, 6) is -0.217. The minimum Gasteiger partial charge on any atom is -0.369 e. The molecule has 0 spiro atoms. The number of hydrogen-bond donors (Lipinski definition) is 1. The first-order chi connectivity index (χ1) is 8.69. The molecule has 96 valence electrons. The Morgan fingerprint density at radius 2 is 1.78 bits per heavy atom. The summed E-state index contributed by atoms with van der Waals surface area (Å²) in [5, 5.41) is 0. The molecule has 1 aliphatic carbocycles. The van der Waals surface area contributed by atoms with E-state index in [1.807, 2.05) is 24.3 Å². The van der Waals surface area contributed by atoms with Crippen molar-refractivity contribution in [2.75, 3.05) is 0 Å². The van der Waals surface area contributed by atoms with Gasteiger partial charge in [-0.15, -0.1) is 0 Å². The normalized spacial score (nSPS) is 18.2. The van der Waals surface area contributed by atoms with E-state index in [0.29, 0.717) is 6.42 Å². The minimum atomic E-state index is -0.488. The fraction of sp³-hybridized carbons (Fsp3) is 0.467. The molecule has 1 fully saturated rings. The molecule has 3 nitrogen and oxygen atoms in total. The molecular formula is C15H19NO2. The van der Waals surface area contributed by atoms with Crippen molar-refractivity contribution in [3.05, 3.63) is 35.4 Å². The first-order valence-electron chi connectivity index (χ1n) is 6.52. The van der Waals surface area contributed by atoms with E-state index in [2.05, 4.69) is 0 Å². The number of rotatable bonds is 4. The van der Waals surface area contributed by atoms with E-state index in [-0.39, 0.29) is 5.91 Å². The second kappa shape index (κ2) is 5.34. The summed E-state index contributed by atoms with van der Waals surface area (Å²) in [6.07, 6.45) is 6.28. The van der Waals surface area contributed by atoms with E-state index in [9.17, 15) is 9.59 Å². The maximum atomic E-state index is 11.9. The number of nitrogens with two attached hydrogens (primary N) is 1. The lowest BCUT2D eigenvalue weighted by atomic mass is 9.69. The predicted molar refractivity (Wildman–Crippen MR) is 70.2 cm³/mol. The van der Waals surface area contributed by atoms with E-state index in [0.717, 1.165) is 43.1 Å². The molecule has 0 saturated heterocycles. The van der Waals surface area contributed by atoms with Crippen LogP contribution in [-0.4, -0.2) is 12.2 Å². The van der Waals surface area contributed by atoms with Gasteiger partial charge in [0.05, 0.1) is 5.41 Å².